The maximum atomic E-state index is 11.5. The molecule has 15 heavy (non-hydrogen) atoms. The van der Waals surface area contributed by atoms with Crippen LogP contribution >= 0.6 is 0 Å². The van der Waals surface area contributed by atoms with Gasteiger partial charge in [-0.3, -0.25) is 9.89 Å². The summed E-state index contributed by atoms with van der Waals surface area (Å²) in [4.78, 5) is 17.1. The van der Waals surface area contributed by atoms with Gasteiger partial charge in [-0.05, 0) is 13.0 Å². The molecule has 0 spiro atoms. The topological polar surface area (TPSA) is 73.9 Å². The zero-order valence-electron chi connectivity index (χ0n) is 9.16. The monoisotopic (exact) mass is 211 g/mol. The van der Waals surface area contributed by atoms with Crippen molar-refractivity contribution >= 4 is 5.91 Å². The van der Waals surface area contributed by atoms with Crippen molar-refractivity contribution in [3.8, 4) is 0 Å². The largest absolute Gasteiger partial charge is 0.337 e. The van der Waals surface area contributed by atoms with Crippen molar-refractivity contribution < 1.29 is 4.79 Å². The second-order valence-corrected chi connectivity index (χ2v) is 3.36. The first-order chi connectivity index (χ1) is 7.24. The Morgan fingerprint density at radius 1 is 1.67 bits per heavy atom. The van der Waals surface area contributed by atoms with Gasteiger partial charge in [0.15, 0.2) is 0 Å². The number of likely N-dealkylation sites (N-methyl/N-ethyl adjacent to an activating group) is 1. The molecule has 1 rings (SSSR count). The molecular formula is C9H17N5O. The van der Waals surface area contributed by atoms with E-state index in [0.29, 0.717) is 18.9 Å². The van der Waals surface area contributed by atoms with Gasteiger partial charge in [-0.15, -0.1) is 0 Å². The van der Waals surface area contributed by atoms with Gasteiger partial charge in [0.1, 0.15) is 12.2 Å². The van der Waals surface area contributed by atoms with E-state index in [1.807, 2.05) is 0 Å². The lowest BCUT2D eigenvalue weighted by atomic mass is 10.4. The minimum absolute atomic E-state index is 0.0554. The van der Waals surface area contributed by atoms with E-state index in [9.17, 15) is 4.79 Å². The Kier molecular flexibility index (Phi) is 4.76. The first kappa shape index (κ1) is 11.6. The van der Waals surface area contributed by atoms with Crippen molar-refractivity contribution in [3.05, 3.63) is 12.2 Å². The number of aromatic nitrogens is 3. The number of amides is 1. The van der Waals surface area contributed by atoms with Crippen molar-refractivity contribution in [2.75, 3.05) is 20.1 Å². The SMILES string of the molecule is CCCNCC(=O)N(C)Cc1ncn[nH]1. The maximum absolute atomic E-state index is 11.5. The molecule has 1 amide bonds. The van der Waals surface area contributed by atoms with E-state index >= 15 is 0 Å². The summed E-state index contributed by atoms with van der Waals surface area (Å²) in [6, 6.07) is 0. The lowest BCUT2D eigenvalue weighted by Gasteiger charge is -2.15. The van der Waals surface area contributed by atoms with Crippen LogP contribution in [-0.2, 0) is 11.3 Å². The van der Waals surface area contributed by atoms with Crippen LogP contribution in [-0.4, -0.2) is 46.1 Å². The zero-order valence-corrected chi connectivity index (χ0v) is 9.16. The van der Waals surface area contributed by atoms with Crippen LogP contribution in [0.4, 0.5) is 0 Å². The number of nitrogens with one attached hydrogen (secondary N) is 2. The molecule has 0 unspecified atom stereocenters. The van der Waals surface area contributed by atoms with E-state index in [1.54, 1.807) is 11.9 Å². The third-order valence-corrected chi connectivity index (χ3v) is 1.98. The Hall–Kier alpha value is -1.43. The molecule has 84 valence electrons. The third-order valence-electron chi connectivity index (χ3n) is 1.98. The molecular weight excluding hydrogens is 194 g/mol. The van der Waals surface area contributed by atoms with Crippen molar-refractivity contribution in [1.29, 1.82) is 0 Å². The molecule has 0 atom stereocenters. The lowest BCUT2D eigenvalue weighted by molar-refractivity contribution is -0.129. The number of hydrogen-bond donors (Lipinski definition) is 2. The number of nitrogens with zero attached hydrogens (tertiary/aromatic N) is 3. The number of carbonyl (C=O) groups is 1. The fraction of sp³-hybridized carbons (Fsp3) is 0.667. The Bertz CT molecular complexity index is 285. The minimum Gasteiger partial charge on any atom is -0.337 e. The van der Waals surface area contributed by atoms with Crippen molar-refractivity contribution in [2.45, 2.75) is 19.9 Å². The van der Waals surface area contributed by atoms with E-state index in [4.69, 9.17) is 0 Å². The fourth-order valence-electron chi connectivity index (χ4n) is 1.13. The molecule has 0 aliphatic heterocycles. The van der Waals surface area contributed by atoms with E-state index in [0.717, 1.165) is 13.0 Å². The van der Waals surface area contributed by atoms with Crippen LogP contribution < -0.4 is 5.32 Å². The van der Waals surface area contributed by atoms with Crippen LogP contribution in [0.3, 0.4) is 0 Å². The number of rotatable bonds is 6. The standard InChI is InChI=1S/C9H17N5O/c1-3-4-10-5-9(15)14(2)6-8-11-7-12-13-8/h7,10H,3-6H2,1-2H3,(H,11,12,13). The molecule has 0 saturated carbocycles. The van der Waals surface area contributed by atoms with Gasteiger partial charge >= 0.3 is 0 Å². The molecule has 0 bridgehead atoms. The van der Waals surface area contributed by atoms with Gasteiger partial charge in [0.2, 0.25) is 5.91 Å². The number of hydrogen-bond acceptors (Lipinski definition) is 4. The molecule has 0 fully saturated rings. The van der Waals surface area contributed by atoms with Gasteiger partial charge < -0.3 is 10.2 Å². The van der Waals surface area contributed by atoms with Gasteiger partial charge in [-0.25, -0.2) is 4.98 Å². The predicted octanol–water partition coefficient (Wildman–Crippen LogP) is -0.237. The quantitative estimate of drug-likeness (QED) is 0.637. The molecule has 1 aromatic heterocycles. The number of H-pyrrole nitrogens is 1. The smallest absolute Gasteiger partial charge is 0.236 e. The Morgan fingerprint density at radius 3 is 3.07 bits per heavy atom. The average Bonchev–Trinajstić information content (AvgIpc) is 2.70. The summed E-state index contributed by atoms with van der Waals surface area (Å²) in [7, 11) is 1.75. The predicted molar refractivity (Wildman–Crippen MR) is 56.0 cm³/mol. The zero-order chi connectivity index (χ0) is 11.1. The number of aromatic amines is 1. The molecule has 0 aromatic carbocycles. The van der Waals surface area contributed by atoms with Gasteiger partial charge in [0, 0.05) is 7.05 Å². The first-order valence-electron chi connectivity index (χ1n) is 5.03. The van der Waals surface area contributed by atoms with Gasteiger partial charge in [0.05, 0.1) is 13.1 Å². The highest BCUT2D eigenvalue weighted by Gasteiger charge is 2.09. The van der Waals surface area contributed by atoms with Crippen LogP contribution in [0, 0.1) is 0 Å². The van der Waals surface area contributed by atoms with E-state index in [1.165, 1.54) is 6.33 Å². The summed E-state index contributed by atoms with van der Waals surface area (Å²) in [5.74, 6) is 0.751. The van der Waals surface area contributed by atoms with Crippen LogP contribution in [0.15, 0.2) is 6.33 Å². The van der Waals surface area contributed by atoms with E-state index < -0.39 is 0 Å². The van der Waals surface area contributed by atoms with Gasteiger partial charge in [-0.1, -0.05) is 6.92 Å². The van der Waals surface area contributed by atoms with Crippen molar-refractivity contribution in [1.82, 2.24) is 25.4 Å². The summed E-state index contributed by atoms with van der Waals surface area (Å²) in [5, 5.41) is 9.49. The summed E-state index contributed by atoms with van der Waals surface area (Å²) in [6.45, 7) is 3.77. The highest BCUT2D eigenvalue weighted by molar-refractivity contribution is 5.77. The molecule has 0 aliphatic rings. The third kappa shape index (κ3) is 4.07. The summed E-state index contributed by atoms with van der Waals surface area (Å²) >= 11 is 0. The second kappa shape index (κ2) is 6.13. The minimum atomic E-state index is 0.0554. The molecule has 1 aromatic rings. The first-order valence-corrected chi connectivity index (χ1v) is 5.03. The summed E-state index contributed by atoms with van der Waals surface area (Å²) in [5.41, 5.74) is 0. The maximum Gasteiger partial charge on any atom is 0.236 e. The average molecular weight is 211 g/mol. The van der Waals surface area contributed by atoms with Crippen molar-refractivity contribution in [2.24, 2.45) is 0 Å². The fourth-order valence-corrected chi connectivity index (χ4v) is 1.13. The Balaban J connectivity index is 2.27. The summed E-state index contributed by atoms with van der Waals surface area (Å²) in [6.07, 6.45) is 2.46. The molecule has 6 nitrogen and oxygen atoms in total. The van der Waals surface area contributed by atoms with Crippen LogP contribution in [0.1, 0.15) is 19.2 Å². The molecule has 6 heteroatoms. The van der Waals surface area contributed by atoms with Crippen LogP contribution in [0.5, 0.6) is 0 Å². The normalized spacial score (nSPS) is 10.3. The van der Waals surface area contributed by atoms with Crippen LogP contribution in [0.25, 0.3) is 0 Å². The highest BCUT2D eigenvalue weighted by atomic mass is 16.2. The second-order valence-electron chi connectivity index (χ2n) is 3.36. The molecule has 0 saturated heterocycles. The van der Waals surface area contributed by atoms with Gasteiger partial charge in [0.25, 0.3) is 0 Å². The molecule has 1 heterocycles. The Labute approximate surface area is 89.1 Å². The van der Waals surface area contributed by atoms with E-state index in [2.05, 4.69) is 27.4 Å². The summed E-state index contributed by atoms with van der Waals surface area (Å²) < 4.78 is 0. The molecule has 0 aliphatic carbocycles. The highest BCUT2D eigenvalue weighted by Crippen LogP contribution is 1.93. The van der Waals surface area contributed by atoms with Crippen LogP contribution in [0.2, 0.25) is 0 Å². The van der Waals surface area contributed by atoms with E-state index in [-0.39, 0.29) is 5.91 Å². The van der Waals surface area contributed by atoms with Gasteiger partial charge in [-0.2, -0.15) is 5.10 Å². The van der Waals surface area contributed by atoms with Crippen molar-refractivity contribution in [3.63, 3.8) is 0 Å². The molecule has 0 radical (unpaired) electrons. The molecule has 2 N–H and O–H groups in total. The Morgan fingerprint density at radius 2 is 2.47 bits per heavy atom. The lowest BCUT2D eigenvalue weighted by Crippen LogP contribution is -2.35. The number of carbonyl (C=O) groups excluding carboxylic acids is 1.